The number of aromatic nitrogens is 2. The number of nitrogens with one attached hydrogen (secondary N) is 1. The van der Waals surface area contributed by atoms with Gasteiger partial charge in [-0.15, -0.1) is 0 Å². The summed E-state index contributed by atoms with van der Waals surface area (Å²) in [5, 5.41) is 10.7. The van der Waals surface area contributed by atoms with Crippen molar-refractivity contribution < 1.29 is 14.6 Å². The summed E-state index contributed by atoms with van der Waals surface area (Å²) in [5.74, 6) is 0.728. The van der Waals surface area contributed by atoms with Crippen molar-refractivity contribution in [1.29, 1.82) is 0 Å². The summed E-state index contributed by atoms with van der Waals surface area (Å²) in [6.45, 7) is 4.14. The molecule has 2 aromatic rings. The van der Waals surface area contributed by atoms with E-state index in [9.17, 15) is 14.7 Å². The predicted molar refractivity (Wildman–Crippen MR) is 91.7 cm³/mol. The highest BCUT2D eigenvalue weighted by atomic mass is 16.5. The molecule has 1 saturated heterocycles. The average molecular weight is 343 g/mol. The highest BCUT2D eigenvalue weighted by Crippen LogP contribution is 2.25. The van der Waals surface area contributed by atoms with Crippen LogP contribution < -0.4 is 10.3 Å². The quantitative estimate of drug-likeness (QED) is 0.865. The summed E-state index contributed by atoms with van der Waals surface area (Å²) in [7, 11) is 0. The molecule has 3 rings (SSSR count). The minimum atomic E-state index is -1.14. The van der Waals surface area contributed by atoms with E-state index in [0.29, 0.717) is 24.5 Å². The molecule has 1 atom stereocenters. The fraction of sp³-hybridized carbons (Fsp3) is 0.389. The van der Waals surface area contributed by atoms with Gasteiger partial charge in [0.1, 0.15) is 29.3 Å². The van der Waals surface area contributed by atoms with Gasteiger partial charge >= 0.3 is 0 Å². The van der Waals surface area contributed by atoms with Gasteiger partial charge in [0.25, 0.3) is 11.5 Å². The number of benzene rings is 1. The molecule has 0 aliphatic carbocycles. The van der Waals surface area contributed by atoms with Crippen LogP contribution in [0.15, 0.2) is 35.3 Å². The van der Waals surface area contributed by atoms with Crippen LogP contribution in [0.5, 0.6) is 5.75 Å². The molecular weight excluding hydrogens is 322 g/mol. The van der Waals surface area contributed by atoms with Crippen LogP contribution in [0.1, 0.15) is 28.2 Å². The van der Waals surface area contributed by atoms with Crippen molar-refractivity contribution in [3.8, 4) is 5.75 Å². The zero-order valence-corrected chi connectivity index (χ0v) is 14.3. The number of aliphatic hydroxyl groups is 1. The van der Waals surface area contributed by atoms with Crippen LogP contribution in [0.25, 0.3) is 0 Å². The Balaban J connectivity index is 1.67. The Morgan fingerprint density at radius 3 is 2.88 bits per heavy atom. The number of carbonyl (C=O) groups is 1. The summed E-state index contributed by atoms with van der Waals surface area (Å²) >= 11 is 0. The third-order valence-corrected chi connectivity index (χ3v) is 4.37. The minimum absolute atomic E-state index is 0.0188. The molecule has 1 aliphatic rings. The lowest BCUT2D eigenvalue weighted by Gasteiger charge is -2.24. The third kappa shape index (κ3) is 3.71. The number of hydrogen-bond acceptors (Lipinski definition) is 5. The summed E-state index contributed by atoms with van der Waals surface area (Å²) in [6.07, 6.45) is 1.67. The van der Waals surface area contributed by atoms with Gasteiger partial charge in [-0.3, -0.25) is 9.59 Å². The number of nitrogens with zero attached hydrogens (tertiary/aromatic N) is 2. The molecule has 0 spiro atoms. The summed E-state index contributed by atoms with van der Waals surface area (Å²) in [4.78, 5) is 32.4. The van der Waals surface area contributed by atoms with E-state index in [2.05, 4.69) is 9.97 Å². The predicted octanol–water partition coefficient (Wildman–Crippen LogP) is 1.04. The molecular formula is C18H21N3O4. The van der Waals surface area contributed by atoms with Crippen LogP contribution in [0, 0.1) is 13.8 Å². The first-order chi connectivity index (χ1) is 11.9. The maximum Gasteiger partial charge on any atom is 0.263 e. The number of para-hydroxylation sites is 1. The number of carbonyl (C=O) groups excluding carboxylic acids is 1. The van der Waals surface area contributed by atoms with E-state index in [1.807, 2.05) is 31.2 Å². The zero-order valence-electron chi connectivity index (χ0n) is 14.3. The monoisotopic (exact) mass is 343 g/mol. The average Bonchev–Trinajstić information content (AvgIpc) is 2.96. The molecule has 0 bridgehead atoms. The van der Waals surface area contributed by atoms with Crippen LogP contribution in [-0.4, -0.2) is 51.2 Å². The molecule has 0 radical (unpaired) electrons. The molecule has 2 heterocycles. The van der Waals surface area contributed by atoms with Crippen molar-refractivity contribution in [1.82, 2.24) is 14.9 Å². The number of likely N-dealkylation sites (tertiary alicyclic amines) is 1. The Bertz CT molecular complexity index is 848. The molecule has 1 aromatic heterocycles. The molecule has 25 heavy (non-hydrogen) atoms. The van der Waals surface area contributed by atoms with E-state index >= 15 is 0 Å². The van der Waals surface area contributed by atoms with Gasteiger partial charge in [0.05, 0.1) is 6.54 Å². The fourth-order valence-corrected chi connectivity index (χ4v) is 2.88. The van der Waals surface area contributed by atoms with Gasteiger partial charge in [-0.2, -0.15) is 0 Å². The highest BCUT2D eigenvalue weighted by molar-refractivity contribution is 5.93. The Labute approximate surface area is 145 Å². The molecule has 2 N–H and O–H groups in total. The van der Waals surface area contributed by atoms with E-state index in [0.717, 1.165) is 5.56 Å². The lowest BCUT2D eigenvalue weighted by Crippen LogP contribution is -2.41. The summed E-state index contributed by atoms with van der Waals surface area (Å²) in [6, 6.07) is 7.56. The second kappa shape index (κ2) is 6.68. The van der Waals surface area contributed by atoms with Crippen molar-refractivity contribution in [2.75, 3.05) is 19.7 Å². The highest BCUT2D eigenvalue weighted by Gasteiger charge is 2.39. The van der Waals surface area contributed by atoms with Gasteiger partial charge in [-0.1, -0.05) is 18.2 Å². The van der Waals surface area contributed by atoms with Gasteiger partial charge in [0, 0.05) is 12.7 Å². The Morgan fingerprint density at radius 1 is 1.40 bits per heavy atom. The molecule has 7 heteroatoms. The first-order valence-electron chi connectivity index (χ1n) is 8.14. The summed E-state index contributed by atoms with van der Waals surface area (Å²) < 4.78 is 5.73. The lowest BCUT2D eigenvalue weighted by molar-refractivity contribution is 0.00410. The third-order valence-electron chi connectivity index (χ3n) is 4.37. The number of β-amino-alcohol motifs (C(OH)–C–C–N with tert-alkyl or cyclic N) is 1. The van der Waals surface area contributed by atoms with E-state index in [1.54, 1.807) is 6.92 Å². The van der Waals surface area contributed by atoms with Gasteiger partial charge < -0.3 is 19.7 Å². The Kier molecular flexibility index (Phi) is 4.59. The van der Waals surface area contributed by atoms with E-state index in [-0.39, 0.29) is 18.7 Å². The summed E-state index contributed by atoms with van der Waals surface area (Å²) in [5.41, 5.74) is -0.643. The topological polar surface area (TPSA) is 95.5 Å². The molecule has 1 aromatic carbocycles. The van der Waals surface area contributed by atoms with Gasteiger partial charge in [0.2, 0.25) is 0 Å². The smallest absolute Gasteiger partial charge is 0.263 e. The normalized spacial score (nSPS) is 19.9. The van der Waals surface area contributed by atoms with Gasteiger partial charge in [-0.05, 0) is 31.9 Å². The van der Waals surface area contributed by atoms with E-state index < -0.39 is 17.1 Å². The van der Waals surface area contributed by atoms with Crippen molar-refractivity contribution in [2.24, 2.45) is 0 Å². The number of hydrogen-bond donors (Lipinski definition) is 2. The van der Waals surface area contributed by atoms with Crippen LogP contribution in [0.2, 0.25) is 0 Å². The van der Waals surface area contributed by atoms with E-state index in [4.69, 9.17) is 4.74 Å². The van der Waals surface area contributed by atoms with Crippen molar-refractivity contribution >= 4 is 5.91 Å². The molecule has 1 aliphatic heterocycles. The second-order valence-corrected chi connectivity index (χ2v) is 6.47. The van der Waals surface area contributed by atoms with Crippen LogP contribution >= 0.6 is 0 Å². The Hall–Kier alpha value is -2.67. The minimum Gasteiger partial charge on any atom is -0.490 e. The molecule has 1 amide bonds. The van der Waals surface area contributed by atoms with Gasteiger partial charge in [-0.25, -0.2) is 4.98 Å². The van der Waals surface area contributed by atoms with Gasteiger partial charge in [0.15, 0.2) is 0 Å². The van der Waals surface area contributed by atoms with Crippen LogP contribution in [0.3, 0.4) is 0 Å². The van der Waals surface area contributed by atoms with E-state index in [1.165, 1.54) is 11.1 Å². The molecule has 7 nitrogen and oxygen atoms in total. The van der Waals surface area contributed by atoms with Crippen LogP contribution in [0.4, 0.5) is 0 Å². The first kappa shape index (κ1) is 17.2. The lowest BCUT2D eigenvalue weighted by atomic mass is 10.1. The largest absolute Gasteiger partial charge is 0.490 e. The fourth-order valence-electron chi connectivity index (χ4n) is 2.88. The van der Waals surface area contributed by atoms with Crippen molar-refractivity contribution in [3.05, 3.63) is 57.8 Å². The second-order valence-electron chi connectivity index (χ2n) is 6.47. The maximum atomic E-state index is 12.5. The zero-order chi connectivity index (χ0) is 18.0. The molecule has 1 unspecified atom stereocenters. The number of aromatic amines is 1. The SMILES string of the molecule is Cc1ncc(C(=O)N2CCC(O)(COc3ccccc3C)C2)c(=O)[nH]1. The molecule has 1 fully saturated rings. The first-order valence-corrected chi connectivity index (χ1v) is 8.14. The number of amides is 1. The number of H-pyrrole nitrogens is 1. The van der Waals surface area contributed by atoms with Crippen LogP contribution in [-0.2, 0) is 0 Å². The van der Waals surface area contributed by atoms with Crippen molar-refractivity contribution in [2.45, 2.75) is 25.9 Å². The number of aryl methyl sites for hydroxylation is 2. The standard InChI is InChI=1S/C18H21N3O4/c1-12-5-3-4-6-15(12)25-11-18(24)7-8-21(10-18)17(23)14-9-19-13(2)20-16(14)22/h3-6,9,24H,7-8,10-11H2,1-2H3,(H,19,20,22). The van der Waals surface area contributed by atoms with Crippen molar-refractivity contribution in [3.63, 3.8) is 0 Å². The number of ether oxygens (including phenoxy) is 1. The molecule has 0 saturated carbocycles. The number of rotatable bonds is 4. The Morgan fingerprint density at radius 2 is 2.16 bits per heavy atom. The molecule has 132 valence electrons. The maximum absolute atomic E-state index is 12.5.